The SMILES string of the molecule is CCCOc1ccnc(NCc2ccc([N+](=O)[O-])cc2)n1. The molecule has 0 amide bonds. The smallest absolute Gasteiger partial charge is 0.269 e. The first-order chi connectivity index (χ1) is 10.2. The molecule has 7 heteroatoms. The van der Waals surface area contributed by atoms with E-state index in [2.05, 4.69) is 15.3 Å². The van der Waals surface area contributed by atoms with Crippen LogP contribution in [0, 0.1) is 10.1 Å². The van der Waals surface area contributed by atoms with Crippen molar-refractivity contribution in [2.75, 3.05) is 11.9 Å². The van der Waals surface area contributed by atoms with Crippen molar-refractivity contribution in [1.29, 1.82) is 0 Å². The second kappa shape index (κ2) is 7.18. The van der Waals surface area contributed by atoms with E-state index in [0.717, 1.165) is 12.0 Å². The molecule has 2 rings (SSSR count). The van der Waals surface area contributed by atoms with Crippen LogP contribution in [0.1, 0.15) is 18.9 Å². The number of benzene rings is 1. The molecular weight excluding hydrogens is 272 g/mol. The summed E-state index contributed by atoms with van der Waals surface area (Å²) in [5, 5.41) is 13.6. The number of ether oxygens (including phenoxy) is 1. The minimum Gasteiger partial charge on any atom is -0.478 e. The van der Waals surface area contributed by atoms with Crippen molar-refractivity contribution in [3.05, 3.63) is 52.2 Å². The number of hydrogen-bond donors (Lipinski definition) is 1. The van der Waals surface area contributed by atoms with Crippen molar-refractivity contribution in [3.8, 4) is 5.88 Å². The van der Waals surface area contributed by atoms with E-state index in [4.69, 9.17) is 4.74 Å². The highest BCUT2D eigenvalue weighted by Crippen LogP contribution is 2.13. The Kier molecular flexibility index (Phi) is 5.03. The Balaban J connectivity index is 1.94. The maximum Gasteiger partial charge on any atom is 0.269 e. The van der Waals surface area contributed by atoms with Crippen molar-refractivity contribution in [3.63, 3.8) is 0 Å². The van der Waals surface area contributed by atoms with Crippen molar-refractivity contribution < 1.29 is 9.66 Å². The van der Waals surface area contributed by atoms with Gasteiger partial charge in [0.05, 0.1) is 11.5 Å². The monoisotopic (exact) mass is 288 g/mol. The first-order valence-corrected chi connectivity index (χ1v) is 6.62. The number of nitro groups is 1. The predicted molar refractivity (Wildman–Crippen MR) is 78.2 cm³/mol. The van der Waals surface area contributed by atoms with Gasteiger partial charge in [-0.2, -0.15) is 4.98 Å². The fourth-order valence-electron chi connectivity index (χ4n) is 1.63. The van der Waals surface area contributed by atoms with Crippen LogP contribution in [0.25, 0.3) is 0 Å². The molecule has 7 nitrogen and oxygen atoms in total. The molecule has 0 atom stereocenters. The Hall–Kier alpha value is -2.70. The third-order valence-electron chi connectivity index (χ3n) is 2.68. The fourth-order valence-corrected chi connectivity index (χ4v) is 1.63. The lowest BCUT2D eigenvalue weighted by Crippen LogP contribution is -2.05. The van der Waals surface area contributed by atoms with Crippen LogP contribution in [0.2, 0.25) is 0 Å². The standard InChI is InChI=1S/C14H16N4O3/c1-2-9-21-13-7-8-15-14(17-13)16-10-11-3-5-12(6-4-11)18(19)20/h3-8H,2,9-10H2,1H3,(H,15,16,17). The first-order valence-electron chi connectivity index (χ1n) is 6.62. The number of aromatic nitrogens is 2. The number of nitrogens with zero attached hydrogens (tertiary/aromatic N) is 3. The zero-order valence-electron chi connectivity index (χ0n) is 11.7. The second-order valence-electron chi connectivity index (χ2n) is 4.34. The molecule has 0 aliphatic carbocycles. The van der Waals surface area contributed by atoms with Crippen LogP contribution >= 0.6 is 0 Å². The highest BCUT2D eigenvalue weighted by molar-refractivity contribution is 5.35. The zero-order valence-corrected chi connectivity index (χ0v) is 11.7. The summed E-state index contributed by atoms with van der Waals surface area (Å²) in [5.74, 6) is 0.986. The molecule has 0 aliphatic rings. The maximum atomic E-state index is 10.6. The van der Waals surface area contributed by atoms with Crippen LogP contribution < -0.4 is 10.1 Å². The Morgan fingerprint density at radius 3 is 2.71 bits per heavy atom. The van der Waals surface area contributed by atoms with Gasteiger partial charge >= 0.3 is 0 Å². The van der Waals surface area contributed by atoms with Crippen LogP contribution in [0.15, 0.2) is 36.5 Å². The molecule has 0 saturated heterocycles. The maximum absolute atomic E-state index is 10.6. The Bertz CT molecular complexity index is 601. The van der Waals surface area contributed by atoms with E-state index in [-0.39, 0.29) is 5.69 Å². The summed E-state index contributed by atoms with van der Waals surface area (Å²) in [7, 11) is 0. The van der Waals surface area contributed by atoms with Crippen LogP contribution in [0.5, 0.6) is 5.88 Å². The van der Waals surface area contributed by atoms with Crippen molar-refractivity contribution >= 4 is 11.6 Å². The summed E-state index contributed by atoms with van der Waals surface area (Å²) in [6.45, 7) is 3.11. The van der Waals surface area contributed by atoms with Crippen molar-refractivity contribution in [1.82, 2.24) is 9.97 Å². The van der Waals surface area contributed by atoms with Crippen LogP contribution in [-0.4, -0.2) is 21.5 Å². The number of nitrogens with one attached hydrogen (secondary N) is 1. The lowest BCUT2D eigenvalue weighted by atomic mass is 10.2. The van der Waals surface area contributed by atoms with E-state index < -0.39 is 4.92 Å². The summed E-state index contributed by atoms with van der Waals surface area (Å²) in [6, 6.07) is 8.04. The molecular formula is C14H16N4O3. The quantitative estimate of drug-likeness (QED) is 0.622. The van der Waals surface area contributed by atoms with E-state index in [1.54, 1.807) is 24.4 Å². The van der Waals surface area contributed by atoms with Crippen LogP contribution in [0.4, 0.5) is 11.6 Å². The lowest BCUT2D eigenvalue weighted by Gasteiger charge is -2.07. The number of anilines is 1. The molecule has 0 fully saturated rings. The third-order valence-corrected chi connectivity index (χ3v) is 2.68. The van der Waals surface area contributed by atoms with Gasteiger partial charge in [-0.15, -0.1) is 0 Å². The molecule has 1 aromatic carbocycles. The average Bonchev–Trinajstić information content (AvgIpc) is 2.52. The Morgan fingerprint density at radius 1 is 1.29 bits per heavy atom. The molecule has 1 aromatic heterocycles. The van der Waals surface area contributed by atoms with Crippen molar-refractivity contribution in [2.45, 2.75) is 19.9 Å². The molecule has 21 heavy (non-hydrogen) atoms. The molecule has 0 saturated carbocycles. The molecule has 2 aromatic rings. The highest BCUT2D eigenvalue weighted by atomic mass is 16.6. The minimum atomic E-state index is -0.422. The van der Waals surface area contributed by atoms with E-state index >= 15 is 0 Å². The van der Waals surface area contributed by atoms with Gasteiger partial charge in [0, 0.05) is 30.9 Å². The number of rotatable bonds is 7. The number of nitro benzene ring substituents is 1. The van der Waals surface area contributed by atoms with Crippen LogP contribution in [0.3, 0.4) is 0 Å². The van der Waals surface area contributed by atoms with E-state index in [0.29, 0.717) is 25.0 Å². The first kappa shape index (κ1) is 14.7. The van der Waals surface area contributed by atoms with Gasteiger partial charge in [0.25, 0.3) is 5.69 Å². The van der Waals surface area contributed by atoms with Gasteiger partial charge in [-0.3, -0.25) is 10.1 Å². The van der Waals surface area contributed by atoms with Gasteiger partial charge in [0.1, 0.15) is 0 Å². The summed E-state index contributed by atoms with van der Waals surface area (Å²) in [4.78, 5) is 18.5. The van der Waals surface area contributed by atoms with Gasteiger partial charge < -0.3 is 10.1 Å². The normalized spacial score (nSPS) is 10.1. The largest absolute Gasteiger partial charge is 0.478 e. The molecule has 1 heterocycles. The molecule has 0 aliphatic heterocycles. The van der Waals surface area contributed by atoms with Gasteiger partial charge in [-0.1, -0.05) is 19.1 Å². The zero-order chi connectivity index (χ0) is 15.1. The molecule has 0 unspecified atom stereocenters. The van der Waals surface area contributed by atoms with E-state index in [1.165, 1.54) is 12.1 Å². The molecule has 1 N–H and O–H groups in total. The van der Waals surface area contributed by atoms with E-state index in [9.17, 15) is 10.1 Å². The number of hydrogen-bond acceptors (Lipinski definition) is 6. The third kappa shape index (κ3) is 4.41. The van der Waals surface area contributed by atoms with Crippen molar-refractivity contribution in [2.24, 2.45) is 0 Å². The summed E-state index contributed by atoms with van der Waals surface area (Å²) < 4.78 is 5.42. The second-order valence-corrected chi connectivity index (χ2v) is 4.34. The Labute approximate surface area is 122 Å². The minimum absolute atomic E-state index is 0.0740. The highest BCUT2D eigenvalue weighted by Gasteiger charge is 2.04. The Morgan fingerprint density at radius 2 is 2.05 bits per heavy atom. The van der Waals surface area contributed by atoms with Crippen LogP contribution in [-0.2, 0) is 6.54 Å². The summed E-state index contributed by atoms with van der Waals surface area (Å²) in [6.07, 6.45) is 2.53. The van der Waals surface area contributed by atoms with Gasteiger partial charge in [0.15, 0.2) is 0 Å². The van der Waals surface area contributed by atoms with Gasteiger partial charge in [-0.25, -0.2) is 4.98 Å². The number of non-ortho nitro benzene ring substituents is 1. The lowest BCUT2D eigenvalue weighted by molar-refractivity contribution is -0.384. The molecule has 0 bridgehead atoms. The van der Waals surface area contributed by atoms with Gasteiger partial charge in [0.2, 0.25) is 11.8 Å². The fraction of sp³-hybridized carbons (Fsp3) is 0.286. The van der Waals surface area contributed by atoms with Gasteiger partial charge in [-0.05, 0) is 12.0 Å². The predicted octanol–water partition coefficient (Wildman–Crippen LogP) is 2.79. The molecule has 0 radical (unpaired) electrons. The van der Waals surface area contributed by atoms with E-state index in [1.807, 2.05) is 6.92 Å². The summed E-state index contributed by atoms with van der Waals surface area (Å²) in [5.41, 5.74) is 0.981. The summed E-state index contributed by atoms with van der Waals surface area (Å²) >= 11 is 0. The average molecular weight is 288 g/mol. The molecule has 0 spiro atoms. The topological polar surface area (TPSA) is 90.2 Å². The molecule has 110 valence electrons.